The van der Waals surface area contributed by atoms with E-state index < -0.39 is 22.0 Å². The van der Waals surface area contributed by atoms with Gasteiger partial charge in [0.1, 0.15) is 11.8 Å². The minimum Gasteiger partial charge on any atom is -0.495 e. The van der Waals surface area contributed by atoms with E-state index in [1.54, 1.807) is 18.2 Å². The molecular formula is C23H22Cl2N2O4S. The van der Waals surface area contributed by atoms with Crippen LogP contribution in [0.3, 0.4) is 0 Å². The molecule has 0 heterocycles. The van der Waals surface area contributed by atoms with Gasteiger partial charge < -0.3 is 10.1 Å². The van der Waals surface area contributed by atoms with Crippen LogP contribution in [0.5, 0.6) is 5.75 Å². The summed E-state index contributed by atoms with van der Waals surface area (Å²) in [4.78, 5) is 13.1. The average molecular weight is 493 g/mol. The van der Waals surface area contributed by atoms with Crippen LogP contribution < -0.4 is 14.8 Å². The zero-order valence-corrected chi connectivity index (χ0v) is 19.8. The predicted octanol–water partition coefficient (Wildman–Crippen LogP) is 4.84. The maximum Gasteiger partial charge on any atom is 0.242 e. The number of nitrogens with one attached hydrogen (secondary N) is 2. The van der Waals surface area contributed by atoms with Crippen LogP contribution in [-0.4, -0.2) is 27.5 Å². The summed E-state index contributed by atoms with van der Waals surface area (Å²) in [5, 5.41) is 3.38. The molecule has 168 valence electrons. The first-order chi connectivity index (χ1) is 15.2. The van der Waals surface area contributed by atoms with Crippen molar-refractivity contribution in [2.75, 3.05) is 12.4 Å². The average Bonchev–Trinajstić information content (AvgIpc) is 2.76. The normalized spacial score (nSPS) is 12.2. The number of sulfonamides is 1. The highest BCUT2D eigenvalue weighted by molar-refractivity contribution is 7.89. The maximum absolute atomic E-state index is 13.1. The third kappa shape index (κ3) is 6.01. The molecule has 0 radical (unpaired) electrons. The summed E-state index contributed by atoms with van der Waals surface area (Å²) < 4.78 is 33.7. The van der Waals surface area contributed by atoms with Crippen LogP contribution in [0.2, 0.25) is 10.0 Å². The maximum atomic E-state index is 13.1. The Balaban J connectivity index is 1.90. The van der Waals surface area contributed by atoms with E-state index in [0.29, 0.717) is 16.5 Å². The number of benzene rings is 3. The van der Waals surface area contributed by atoms with Gasteiger partial charge >= 0.3 is 0 Å². The van der Waals surface area contributed by atoms with Crippen molar-refractivity contribution in [3.05, 3.63) is 87.9 Å². The number of carbonyl (C=O) groups excluding carboxylic acids is 1. The number of rotatable bonds is 8. The third-order valence-corrected chi connectivity index (χ3v) is 6.79. The van der Waals surface area contributed by atoms with Gasteiger partial charge in [-0.25, -0.2) is 8.42 Å². The smallest absolute Gasteiger partial charge is 0.242 e. The molecule has 1 unspecified atom stereocenters. The standard InChI is InChI=1S/C23H22Cl2N2O4S/c1-15-8-9-17(24)13-20(15)26-23(28)21(12-16-6-4-3-5-7-16)27-32(29,30)18-10-11-22(31-2)19(25)14-18/h3-11,13-14,21,27H,12H2,1-2H3,(H,26,28). The number of aryl methyl sites for hydroxylation is 1. The van der Waals surface area contributed by atoms with Crippen LogP contribution in [0.4, 0.5) is 5.69 Å². The predicted molar refractivity (Wildman–Crippen MR) is 127 cm³/mol. The molecule has 3 aromatic rings. The lowest BCUT2D eigenvalue weighted by atomic mass is 10.1. The molecule has 0 aliphatic heterocycles. The van der Waals surface area contributed by atoms with Crippen LogP contribution in [0.25, 0.3) is 0 Å². The van der Waals surface area contributed by atoms with E-state index in [2.05, 4.69) is 10.0 Å². The van der Waals surface area contributed by atoms with Gasteiger partial charge in [-0.3, -0.25) is 4.79 Å². The van der Waals surface area contributed by atoms with Crippen LogP contribution in [0, 0.1) is 6.92 Å². The van der Waals surface area contributed by atoms with E-state index in [9.17, 15) is 13.2 Å². The van der Waals surface area contributed by atoms with Gasteiger partial charge in [0, 0.05) is 10.7 Å². The molecule has 0 saturated carbocycles. The number of hydrogen-bond donors (Lipinski definition) is 2. The summed E-state index contributed by atoms with van der Waals surface area (Å²) in [5.74, 6) is -0.164. The first-order valence-corrected chi connectivity index (χ1v) is 11.9. The summed E-state index contributed by atoms with van der Waals surface area (Å²) in [5.41, 5.74) is 2.10. The molecule has 0 aliphatic rings. The van der Waals surface area contributed by atoms with Crippen molar-refractivity contribution >= 4 is 44.8 Å². The Kier molecular flexibility index (Phi) is 7.79. The summed E-state index contributed by atoms with van der Waals surface area (Å²) in [6.45, 7) is 1.82. The molecule has 3 rings (SSSR count). The van der Waals surface area contributed by atoms with Crippen molar-refractivity contribution in [1.29, 1.82) is 0 Å². The van der Waals surface area contributed by atoms with E-state index in [-0.39, 0.29) is 16.3 Å². The largest absolute Gasteiger partial charge is 0.495 e. The minimum atomic E-state index is -4.06. The van der Waals surface area contributed by atoms with Gasteiger partial charge in [0.2, 0.25) is 15.9 Å². The van der Waals surface area contributed by atoms with Gasteiger partial charge in [-0.2, -0.15) is 4.72 Å². The van der Waals surface area contributed by atoms with Gasteiger partial charge in [0.05, 0.1) is 17.0 Å². The quantitative estimate of drug-likeness (QED) is 0.471. The summed E-state index contributed by atoms with van der Waals surface area (Å²) in [7, 11) is -2.62. The van der Waals surface area contributed by atoms with Crippen LogP contribution in [-0.2, 0) is 21.2 Å². The molecular weight excluding hydrogens is 471 g/mol. The number of hydrogen-bond acceptors (Lipinski definition) is 4. The Bertz CT molecular complexity index is 1220. The molecule has 9 heteroatoms. The van der Waals surface area contributed by atoms with E-state index >= 15 is 0 Å². The van der Waals surface area contributed by atoms with Crippen LogP contribution >= 0.6 is 23.2 Å². The molecule has 0 fully saturated rings. The zero-order chi connectivity index (χ0) is 23.3. The zero-order valence-electron chi connectivity index (χ0n) is 17.4. The monoisotopic (exact) mass is 492 g/mol. The first kappa shape index (κ1) is 24.1. The summed E-state index contributed by atoms with van der Waals surface area (Å²) >= 11 is 12.1. The first-order valence-electron chi connectivity index (χ1n) is 9.66. The highest BCUT2D eigenvalue weighted by atomic mass is 35.5. The van der Waals surface area contributed by atoms with E-state index in [4.69, 9.17) is 27.9 Å². The Morgan fingerprint density at radius 2 is 1.75 bits per heavy atom. The second kappa shape index (κ2) is 10.4. The van der Waals surface area contributed by atoms with E-state index in [1.165, 1.54) is 25.3 Å². The lowest BCUT2D eigenvalue weighted by molar-refractivity contribution is -0.117. The van der Waals surface area contributed by atoms with Crippen molar-refractivity contribution in [3.8, 4) is 5.75 Å². The molecule has 0 spiro atoms. The third-order valence-electron chi connectivity index (χ3n) is 4.79. The van der Waals surface area contributed by atoms with Gasteiger partial charge in [-0.05, 0) is 54.8 Å². The molecule has 1 atom stereocenters. The summed E-state index contributed by atoms with van der Waals surface area (Å²) in [6.07, 6.45) is 0.148. The van der Waals surface area contributed by atoms with Crippen LogP contribution in [0.15, 0.2) is 71.6 Å². The highest BCUT2D eigenvalue weighted by Crippen LogP contribution is 2.27. The van der Waals surface area contributed by atoms with Crippen molar-refractivity contribution in [1.82, 2.24) is 4.72 Å². The molecule has 0 saturated heterocycles. The molecule has 32 heavy (non-hydrogen) atoms. The Morgan fingerprint density at radius 3 is 2.41 bits per heavy atom. The molecule has 1 amide bonds. The second-order valence-electron chi connectivity index (χ2n) is 7.11. The fourth-order valence-corrected chi connectivity index (χ4v) is 4.77. The van der Waals surface area contributed by atoms with Crippen molar-refractivity contribution in [2.24, 2.45) is 0 Å². The molecule has 0 bridgehead atoms. The SMILES string of the molecule is COc1ccc(S(=O)(=O)NC(Cc2ccccc2)C(=O)Nc2cc(Cl)ccc2C)cc1Cl. The lowest BCUT2D eigenvalue weighted by Gasteiger charge is -2.20. The minimum absolute atomic E-state index is 0.0758. The second-order valence-corrected chi connectivity index (χ2v) is 9.67. The van der Waals surface area contributed by atoms with Crippen molar-refractivity contribution < 1.29 is 17.9 Å². The number of halogens is 2. The van der Waals surface area contributed by atoms with Crippen molar-refractivity contribution in [2.45, 2.75) is 24.3 Å². The van der Waals surface area contributed by atoms with Crippen molar-refractivity contribution in [3.63, 3.8) is 0 Å². The molecule has 3 aromatic carbocycles. The number of ether oxygens (including phenoxy) is 1. The Hall–Kier alpha value is -2.58. The number of methoxy groups -OCH3 is 1. The van der Waals surface area contributed by atoms with Gasteiger partial charge in [-0.1, -0.05) is 59.6 Å². The van der Waals surface area contributed by atoms with Gasteiger partial charge in [0.15, 0.2) is 0 Å². The molecule has 2 N–H and O–H groups in total. The van der Waals surface area contributed by atoms with Gasteiger partial charge in [-0.15, -0.1) is 0 Å². The Labute approximate surface area is 197 Å². The summed E-state index contributed by atoms with van der Waals surface area (Å²) in [6, 6.07) is 17.3. The highest BCUT2D eigenvalue weighted by Gasteiger charge is 2.27. The lowest BCUT2D eigenvalue weighted by Crippen LogP contribution is -2.45. The van der Waals surface area contributed by atoms with E-state index in [1.807, 2.05) is 37.3 Å². The fourth-order valence-electron chi connectivity index (χ4n) is 3.06. The molecule has 0 aromatic heterocycles. The molecule has 0 aliphatic carbocycles. The Morgan fingerprint density at radius 1 is 1.03 bits per heavy atom. The molecule has 6 nitrogen and oxygen atoms in total. The fraction of sp³-hybridized carbons (Fsp3) is 0.174. The number of amides is 1. The number of anilines is 1. The topological polar surface area (TPSA) is 84.5 Å². The van der Waals surface area contributed by atoms with Crippen LogP contribution in [0.1, 0.15) is 11.1 Å². The van der Waals surface area contributed by atoms with E-state index in [0.717, 1.165) is 11.1 Å². The number of carbonyl (C=O) groups is 1. The van der Waals surface area contributed by atoms with Gasteiger partial charge in [0.25, 0.3) is 0 Å².